The zero-order valence-electron chi connectivity index (χ0n) is 19.8. The van der Waals surface area contributed by atoms with Crippen LogP contribution in [0.1, 0.15) is 30.7 Å². The number of pyridine rings is 1. The van der Waals surface area contributed by atoms with Gasteiger partial charge in [0.15, 0.2) is 0 Å². The van der Waals surface area contributed by atoms with Crippen LogP contribution in [0.5, 0.6) is 0 Å². The molecular formula is C26H30ClN5O. The molecule has 0 saturated heterocycles. The lowest BCUT2D eigenvalue weighted by Crippen LogP contribution is -2.22. The maximum absolute atomic E-state index is 13.2. The van der Waals surface area contributed by atoms with Crippen molar-refractivity contribution in [3.8, 4) is 0 Å². The summed E-state index contributed by atoms with van der Waals surface area (Å²) in [6, 6.07) is 9.72. The van der Waals surface area contributed by atoms with Gasteiger partial charge in [-0.05, 0) is 61.7 Å². The summed E-state index contributed by atoms with van der Waals surface area (Å²) in [5, 5.41) is 5.55. The van der Waals surface area contributed by atoms with Crippen LogP contribution in [0.25, 0.3) is 27.9 Å². The Bertz CT molecular complexity index is 1390. The number of nitrogens with one attached hydrogen (secondary N) is 2. The molecule has 0 aliphatic heterocycles. The largest absolute Gasteiger partial charge is 0.324 e. The van der Waals surface area contributed by atoms with Crippen LogP contribution in [-0.2, 0) is 7.05 Å². The van der Waals surface area contributed by atoms with Crippen molar-refractivity contribution < 1.29 is 0 Å². The molecule has 0 spiro atoms. The summed E-state index contributed by atoms with van der Waals surface area (Å²) in [7, 11) is 1.91. The highest BCUT2D eigenvalue weighted by molar-refractivity contribution is 6.33. The predicted molar refractivity (Wildman–Crippen MR) is 140 cm³/mol. The molecule has 0 fully saturated rings. The summed E-state index contributed by atoms with van der Waals surface area (Å²) >= 11 is 6.40. The molecule has 0 atom stereocenters. The van der Waals surface area contributed by atoms with E-state index in [9.17, 15) is 4.79 Å². The molecule has 0 aliphatic carbocycles. The van der Waals surface area contributed by atoms with E-state index in [1.807, 2.05) is 61.9 Å². The number of halogens is 1. The molecule has 0 aliphatic rings. The third kappa shape index (κ3) is 4.28. The van der Waals surface area contributed by atoms with Crippen LogP contribution in [0.15, 0.2) is 41.2 Å². The molecule has 4 rings (SSSR count). The number of benzene rings is 2. The second-order valence-electron chi connectivity index (χ2n) is 8.29. The van der Waals surface area contributed by atoms with Gasteiger partial charge in [-0.3, -0.25) is 4.79 Å². The van der Waals surface area contributed by atoms with Crippen molar-refractivity contribution in [2.24, 2.45) is 7.05 Å². The molecule has 0 unspecified atom stereocenters. The number of rotatable bonds is 7. The lowest BCUT2D eigenvalue weighted by molar-refractivity contribution is 0.338. The smallest absolute Gasteiger partial charge is 0.258 e. The van der Waals surface area contributed by atoms with Crippen LogP contribution < -0.4 is 10.9 Å². The van der Waals surface area contributed by atoms with Gasteiger partial charge in [0.25, 0.3) is 5.56 Å². The first-order chi connectivity index (χ1) is 15.8. The minimum atomic E-state index is -0.118. The van der Waals surface area contributed by atoms with E-state index in [0.29, 0.717) is 16.4 Å². The molecule has 6 nitrogen and oxygen atoms in total. The number of H-pyrrole nitrogens is 1. The number of nitrogens with zero attached hydrogens (tertiary/aromatic N) is 3. The Morgan fingerprint density at radius 1 is 1.18 bits per heavy atom. The highest BCUT2D eigenvalue weighted by Crippen LogP contribution is 2.32. The molecule has 2 heterocycles. The predicted octanol–water partition coefficient (Wildman–Crippen LogP) is 5.78. The van der Waals surface area contributed by atoms with Crippen LogP contribution >= 0.6 is 11.6 Å². The van der Waals surface area contributed by atoms with Gasteiger partial charge in [-0.15, -0.1) is 0 Å². The second-order valence-corrected chi connectivity index (χ2v) is 8.70. The van der Waals surface area contributed by atoms with Crippen LogP contribution in [0.3, 0.4) is 0 Å². The summed E-state index contributed by atoms with van der Waals surface area (Å²) in [6.45, 7) is 11.2. The summed E-state index contributed by atoms with van der Waals surface area (Å²) in [4.78, 5) is 23.4. The summed E-state index contributed by atoms with van der Waals surface area (Å²) in [5.74, 6) is 0.633. The van der Waals surface area contributed by atoms with Crippen molar-refractivity contribution in [1.82, 2.24) is 19.4 Å². The Morgan fingerprint density at radius 3 is 2.64 bits per heavy atom. The van der Waals surface area contributed by atoms with Gasteiger partial charge in [-0.1, -0.05) is 49.7 Å². The monoisotopic (exact) mass is 463 g/mol. The molecule has 2 N–H and O–H groups in total. The number of anilines is 2. The van der Waals surface area contributed by atoms with Crippen molar-refractivity contribution in [1.29, 1.82) is 0 Å². The van der Waals surface area contributed by atoms with Gasteiger partial charge >= 0.3 is 0 Å². The molecular weight excluding hydrogens is 434 g/mol. The second kappa shape index (κ2) is 9.41. The van der Waals surface area contributed by atoms with Crippen molar-refractivity contribution in [2.45, 2.75) is 27.7 Å². The van der Waals surface area contributed by atoms with Gasteiger partial charge in [0.2, 0.25) is 5.95 Å². The minimum Gasteiger partial charge on any atom is -0.324 e. The molecule has 0 saturated carbocycles. The first kappa shape index (κ1) is 23.1. The SMILES string of the molecule is CCN(CC)CC=Cc1[nH]c(=O)c2c(ccc3nc(Nc4c(C)cccc4Cl)n(C)c32)c1C. The first-order valence-electron chi connectivity index (χ1n) is 11.3. The van der Waals surface area contributed by atoms with Crippen molar-refractivity contribution in [2.75, 3.05) is 25.0 Å². The van der Waals surface area contributed by atoms with Crippen molar-refractivity contribution >= 4 is 51.1 Å². The zero-order valence-corrected chi connectivity index (χ0v) is 20.5. The molecule has 172 valence electrons. The van der Waals surface area contributed by atoms with Crippen LogP contribution in [0.4, 0.5) is 11.6 Å². The van der Waals surface area contributed by atoms with Gasteiger partial charge in [0, 0.05) is 19.3 Å². The van der Waals surface area contributed by atoms with Crippen molar-refractivity contribution in [3.05, 3.63) is 68.6 Å². The van der Waals surface area contributed by atoms with E-state index in [1.54, 1.807) is 0 Å². The number of hydrogen-bond acceptors (Lipinski definition) is 4. The highest BCUT2D eigenvalue weighted by Gasteiger charge is 2.17. The molecule has 0 radical (unpaired) electrons. The number of likely N-dealkylation sites (N-methyl/N-ethyl adjacent to an activating group) is 1. The third-order valence-corrected chi connectivity index (χ3v) is 6.64. The van der Waals surface area contributed by atoms with E-state index in [2.05, 4.69) is 35.1 Å². The Morgan fingerprint density at radius 2 is 1.94 bits per heavy atom. The summed E-state index contributed by atoms with van der Waals surface area (Å²) < 4.78 is 1.92. The van der Waals surface area contributed by atoms with Crippen LogP contribution in [0.2, 0.25) is 5.02 Å². The maximum atomic E-state index is 13.2. The minimum absolute atomic E-state index is 0.118. The van der Waals surface area contributed by atoms with Gasteiger partial charge in [-0.2, -0.15) is 0 Å². The average molecular weight is 464 g/mol. The van der Waals surface area contributed by atoms with E-state index in [4.69, 9.17) is 16.6 Å². The summed E-state index contributed by atoms with van der Waals surface area (Å²) in [6.07, 6.45) is 4.11. The lowest BCUT2D eigenvalue weighted by atomic mass is 10.0. The Hall–Kier alpha value is -3.09. The van der Waals surface area contributed by atoms with Crippen LogP contribution in [-0.4, -0.2) is 39.1 Å². The number of fused-ring (bicyclic) bond motifs is 3. The van der Waals surface area contributed by atoms with Gasteiger partial charge in [-0.25, -0.2) is 4.98 Å². The fraction of sp³-hybridized carbons (Fsp3) is 0.308. The molecule has 4 aromatic rings. The normalized spacial score (nSPS) is 12.0. The number of aryl methyl sites for hydroxylation is 3. The van der Waals surface area contributed by atoms with Gasteiger partial charge < -0.3 is 19.8 Å². The molecule has 0 amide bonds. The van der Waals surface area contributed by atoms with E-state index >= 15 is 0 Å². The fourth-order valence-electron chi connectivity index (χ4n) is 4.25. The average Bonchev–Trinajstić information content (AvgIpc) is 3.12. The van der Waals surface area contributed by atoms with E-state index in [0.717, 1.165) is 58.6 Å². The lowest BCUT2D eigenvalue weighted by Gasteiger charge is -2.15. The topological polar surface area (TPSA) is 66.0 Å². The zero-order chi connectivity index (χ0) is 23.7. The molecule has 7 heteroatoms. The Kier molecular flexibility index (Phi) is 6.58. The van der Waals surface area contributed by atoms with E-state index in [-0.39, 0.29) is 5.56 Å². The van der Waals surface area contributed by atoms with E-state index in [1.165, 1.54) is 0 Å². The molecule has 2 aromatic heterocycles. The summed E-state index contributed by atoms with van der Waals surface area (Å²) in [5.41, 5.74) is 5.15. The molecule has 2 aromatic carbocycles. The number of hydrogen-bond donors (Lipinski definition) is 2. The van der Waals surface area contributed by atoms with Crippen LogP contribution in [0, 0.1) is 13.8 Å². The molecule has 33 heavy (non-hydrogen) atoms. The maximum Gasteiger partial charge on any atom is 0.258 e. The quantitative estimate of drug-likeness (QED) is 0.364. The third-order valence-electron chi connectivity index (χ3n) is 6.32. The van der Waals surface area contributed by atoms with Crippen molar-refractivity contribution in [3.63, 3.8) is 0 Å². The Balaban J connectivity index is 1.81. The number of para-hydroxylation sites is 1. The number of aromatic amines is 1. The fourth-order valence-corrected chi connectivity index (χ4v) is 4.52. The Labute approximate surface area is 198 Å². The van der Waals surface area contributed by atoms with Gasteiger partial charge in [0.05, 0.1) is 27.1 Å². The highest BCUT2D eigenvalue weighted by atomic mass is 35.5. The van der Waals surface area contributed by atoms with Gasteiger partial charge in [0.1, 0.15) is 0 Å². The standard InChI is InChI=1S/C26H30ClN5O/c1-6-32(7-2)15-9-12-20-17(4)18-13-14-21-24(22(18)25(33)28-20)31(5)26(29-21)30-23-16(3)10-8-11-19(23)27/h8-14H,6-7,15H2,1-5H3,(H,28,33)(H,29,30). The van der Waals surface area contributed by atoms with E-state index < -0.39 is 0 Å². The number of imidazole rings is 1. The molecule has 0 bridgehead atoms. The first-order valence-corrected chi connectivity index (χ1v) is 11.7. The number of aromatic nitrogens is 3.